The topological polar surface area (TPSA) is 66.8 Å². The van der Waals surface area contributed by atoms with Crippen molar-refractivity contribution in [1.29, 1.82) is 0 Å². The normalized spacial score (nSPS) is 22.9. The van der Waals surface area contributed by atoms with E-state index in [1.165, 1.54) is 0 Å². The van der Waals surface area contributed by atoms with Crippen molar-refractivity contribution in [2.24, 2.45) is 5.92 Å². The third-order valence-electron chi connectivity index (χ3n) is 3.04. The van der Waals surface area contributed by atoms with Gasteiger partial charge in [-0.2, -0.15) is 0 Å². The number of aliphatic hydroxyl groups is 1. The van der Waals surface area contributed by atoms with E-state index >= 15 is 0 Å². The van der Waals surface area contributed by atoms with E-state index < -0.39 is 12.1 Å². The molecule has 2 rings (SSSR count). The third kappa shape index (κ3) is 1.88. The number of ether oxygens (including phenoxy) is 1. The largest absolute Gasteiger partial charge is 0.497 e. The molecular formula is C12H14O4. The van der Waals surface area contributed by atoms with E-state index in [1.54, 1.807) is 13.2 Å². The van der Waals surface area contributed by atoms with Gasteiger partial charge in [-0.25, -0.2) is 0 Å². The molecule has 16 heavy (non-hydrogen) atoms. The number of carbonyl (C=O) groups is 1. The van der Waals surface area contributed by atoms with Crippen molar-refractivity contribution in [3.63, 3.8) is 0 Å². The van der Waals surface area contributed by atoms with E-state index in [2.05, 4.69) is 0 Å². The van der Waals surface area contributed by atoms with E-state index in [-0.39, 0.29) is 12.3 Å². The molecule has 0 heterocycles. The molecule has 0 aliphatic heterocycles. The molecular weight excluding hydrogens is 208 g/mol. The Hall–Kier alpha value is -1.55. The smallest absolute Gasteiger partial charge is 0.303 e. The number of methoxy groups -OCH3 is 1. The number of hydrogen-bond donors (Lipinski definition) is 2. The maximum atomic E-state index is 10.6. The van der Waals surface area contributed by atoms with Crippen LogP contribution < -0.4 is 4.74 Å². The molecule has 86 valence electrons. The van der Waals surface area contributed by atoms with Gasteiger partial charge in [0.15, 0.2) is 0 Å². The highest BCUT2D eigenvalue weighted by Gasteiger charge is 2.32. The maximum Gasteiger partial charge on any atom is 0.303 e. The molecule has 4 heteroatoms. The summed E-state index contributed by atoms with van der Waals surface area (Å²) in [6, 6.07) is 5.50. The fourth-order valence-electron chi connectivity index (χ4n) is 2.22. The first kappa shape index (κ1) is 11.0. The molecule has 0 amide bonds. The van der Waals surface area contributed by atoms with Gasteiger partial charge >= 0.3 is 5.97 Å². The molecule has 1 aliphatic carbocycles. The third-order valence-corrected chi connectivity index (χ3v) is 3.04. The van der Waals surface area contributed by atoms with Crippen molar-refractivity contribution in [3.05, 3.63) is 29.3 Å². The van der Waals surface area contributed by atoms with Gasteiger partial charge in [0.25, 0.3) is 0 Å². The SMILES string of the molecule is COc1ccc2c(c1)C(O)C(CC(=O)O)C2. The van der Waals surface area contributed by atoms with Crippen molar-refractivity contribution in [1.82, 2.24) is 0 Å². The van der Waals surface area contributed by atoms with Crippen molar-refractivity contribution in [2.45, 2.75) is 18.9 Å². The summed E-state index contributed by atoms with van der Waals surface area (Å²) in [6.07, 6.45) is -0.0773. The van der Waals surface area contributed by atoms with E-state index in [9.17, 15) is 9.90 Å². The summed E-state index contributed by atoms with van der Waals surface area (Å²) in [5.74, 6) is -0.405. The van der Waals surface area contributed by atoms with Crippen LogP contribution in [0.3, 0.4) is 0 Å². The Labute approximate surface area is 93.5 Å². The van der Waals surface area contributed by atoms with E-state index in [4.69, 9.17) is 9.84 Å². The summed E-state index contributed by atoms with van der Waals surface area (Å²) >= 11 is 0. The fourth-order valence-corrected chi connectivity index (χ4v) is 2.22. The molecule has 0 saturated carbocycles. The lowest BCUT2D eigenvalue weighted by atomic mass is 10.00. The number of hydrogen-bond acceptors (Lipinski definition) is 3. The summed E-state index contributed by atoms with van der Waals surface area (Å²) < 4.78 is 5.08. The Balaban J connectivity index is 2.24. The van der Waals surface area contributed by atoms with Gasteiger partial charge in [0.1, 0.15) is 5.75 Å². The molecule has 4 nitrogen and oxygen atoms in total. The number of carboxylic acid groups (broad SMARTS) is 1. The molecule has 0 saturated heterocycles. The van der Waals surface area contributed by atoms with Gasteiger partial charge in [0.2, 0.25) is 0 Å². The number of benzene rings is 1. The van der Waals surface area contributed by atoms with Gasteiger partial charge in [-0.3, -0.25) is 4.79 Å². The summed E-state index contributed by atoms with van der Waals surface area (Å²) in [5, 5.41) is 18.7. The average molecular weight is 222 g/mol. The minimum Gasteiger partial charge on any atom is -0.497 e. The van der Waals surface area contributed by atoms with Crippen molar-refractivity contribution in [3.8, 4) is 5.75 Å². The summed E-state index contributed by atoms with van der Waals surface area (Å²) in [4.78, 5) is 10.6. The van der Waals surface area contributed by atoms with Crippen molar-refractivity contribution >= 4 is 5.97 Å². The minimum atomic E-state index is -0.871. The summed E-state index contributed by atoms with van der Waals surface area (Å²) in [7, 11) is 1.57. The van der Waals surface area contributed by atoms with Gasteiger partial charge in [0, 0.05) is 5.92 Å². The van der Waals surface area contributed by atoms with Crippen molar-refractivity contribution < 1.29 is 19.7 Å². The highest BCUT2D eigenvalue weighted by atomic mass is 16.5. The van der Waals surface area contributed by atoms with E-state index in [0.717, 1.165) is 11.1 Å². The van der Waals surface area contributed by atoms with Crippen LogP contribution >= 0.6 is 0 Å². The maximum absolute atomic E-state index is 10.6. The van der Waals surface area contributed by atoms with Crippen LogP contribution in [0.1, 0.15) is 23.7 Å². The fraction of sp³-hybridized carbons (Fsp3) is 0.417. The monoisotopic (exact) mass is 222 g/mol. The van der Waals surface area contributed by atoms with Gasteiger partial charge in [-0.05, 0) is 29.7 Å². The van der Waals surface area contributed by atoms with Crippen LogP contribution in [-0.2, 0) is 11.2 Å². The molecule has 2 N–H and O–H groups in total. The van der Waals surface area contributed by atoms with Gasteiger partial charge in [-0.1, -0.05) is 6.07 Å². The van der Waals surface area contributed by atoms with Crippen LogP contribution in [-0.4, -0.2) is 23.3 Å². The lowest BCUT2D eigenvalue weighted by Gasteiger charge is -2.12. The average Bonchev–Trinajstić information content (AvgIpc) is 2.55. The van der Waals surface area contributed by atoms with Crippen molar-refractivity contribution in [2.75, 3.05) is 7.11 Å². The number of carboxylic acids is 1. The summed E-state index contributed by atoms with van der Waals surface area (Å²) in [6.45, 7) is 0. The van der Waals surface area contributed by atoms with Crippen LogP contribution in [0.5, 0.6) is 5.75 Å². The van der Waals surface area contributed by atoms with E-state index in [1.807, 2.05) is 12.1 Å². The molecule has 0 fully saturated rings. The number of fused-ring (bicyclic) bond motifs is 1. The van der Waals surface area contributed by atoms with Crippen LogP contribution in [0.2, 0.25) is 0 Å². The molecule has 1 aromatic rings. The minimum absolute atomic E-state index is 0.00182. The second-order valence-electron chi connectivity index (χ2n) is 4.07. The highest BCUT2D eigenvalue weighted by Crippen LogP contribution is 2.39. The quantitative estimate of drug-likeness (QED) is 0.810. The lowest BCUT2D eigenvalue weighted by Crippen LogP contribution is -2.12. The number of aliphatic hydroxyl groups excluding tert-OH is 1. The standard InChI is InChI=1S/C12H14O4/c1-16-9-3-2-7-4-8(5-11(13)14)12(15)10(7)6-9/h2-3,6,8,12,15H,4-5H2,1H3,(H,13,14). The Kier molecular flexibility index (Phi) is 2.83. The van der Waals surface area contributed by atoms with Crippen LogP contribution in [0.4, 0.5) is 0 Å². The lowest BCUT2D eigenvalue weighted by molar-refractivity contribution is -0.139. The molecule has 0 spiro atoms. The number of rotatable bonds is 3. The summed E-state index contributed by atoms with van der Waals surface area (Å²) in [5.41, 5.74) is 1.81. The molecule has 2 unspecified atom stereocenters. The zero-order chi connectivity index (χ0) is 11.7. The number of aliphatic carboxylic acids is 1. The van der Waals surface area contributed by atoms with Gasteiger partial charge in [0.05, 0.1) is 19.6 Å². The first-order valence-electron chi connectivity index (χ1n) is 5.18. The molecule has 0 aromatic heterocycles. The second kappa shape index (κ2) is 4.14. The molecule has 0 bridgehead atoms. The zero-order valence-corrected chi connectivity index (χ0v) is 9.01. The Morgan fingerprint density at radius 2 is 2.31 bits per heavy atom. The molecule has 2 atom stereocenters. The van der Waals surface area contributed by atoms with E-state index in [0.29, 0.717) is 12.2 Å². The zero-order valence-electron chi connectivity index (χ0n) is 9.01. The first-order valence-corrected chi connectivity index (χ1v) is 5.18. The predicted molar refractivity (Wildman–Crippen MR) is 57.4 cm³/mol. The Morgan fingerprint density at radius 1 is 1.56 bits per heavy atom. The Morgan fingerprint density at radius 3 is 2.94 bits per heavy atom. The highest BCUT2D eigenvalue weighted by molar-refractivity contribution is 5.67. The van der Waals surface area contributed by atoms with Crippen LogP contribution in [0.15, 0.2) is 18.2 Å². The predicted octanol–water partition coefficient (Wildman–Crippen LogP) is 1.38. The van der Waals surface area contributed by atoms with Gasteiger partial charge in [-0.15, -0.1) is 0 Å². The molecule has 0 radical (unpaired) electrons. The first-order chi connectivity index (χ1) is 7.61. The van der Waals surface area contributed by atoms with Gasteiger partial charge < -0.3 is 14.9 Å². The molecule has 1 aliphatic rings. The second-order valence-corrected chi connectivity index (χ2v) is 4.07. The van der Waals surface area contributed by atoms with Crippen LogP contribution in [0, 0.1) is 5.92 Å². The van der Waals surface area contributed by atoms with Crippen LogP contribution in [0.25, 0.3) is 0 Å². The Bertz CT molecular complexity index is 413. The molecule has 1 aromatic carbocycles.